The Hall–Kier alpha value is -1.84. The number of nitrogens with zero attached hydrogens (tertiary/aromatic N) is 1. The van der Waals surface area contributed by atoms with E-state index >= 15 is 0 Å². The molecule has 0 fully saturated rings. The van der Waals surface area contributed by atoms with Gasteiger partial charge in [0.1, 0.15) is 11.6 Å². The number of benzene rings is 1. The van der Waals surface area contributed by atoms with E-state index in [4.69, 9.17) is 4.52 Å². The quantitative estimate of drug-likeness (QED) is 0.863. The van der Waals surface area contributed by atoms with E-state index in [0.717, 1.165) is 22.7 Å². The Balaban J connectivity index is 2.05. The maximum absolute atomic E-state index is 12.7. The predicted octanol–water partition coefficient (Wildman–Crippen LogP) is 3.04. The molecule has 1 heterocycles. The summed E-state index contributed by atoms with van der Waals surface area (Å²) in [6.07, 6.45) is 0. The molecule has 0 unspecified atom stereocenters. The van der Waals surface area contributed by atoms with Gasteiger partial charge in [-0.15, -0.1) is 0 Å². The first kappa shape index (κ1) is 10.7. The molecular formula is C12H13FN2O. The molecular weight excluding hydrogens is 207 g/mol. The SMILES string of the molecule is Cc1noc(C)c1CNc1ccc(F)cc1. The van der Waals surface area contributed by atoms with Gasteiger partial charge in [-0.2, -0.15) is 0 Å². The van der Waals surface area contributed by atoms with Crippen LogP contribution in [0.2, 0.25) is 0 Å². The largest absolute Gasteiger partial charge is 0.381 e. The van der Waals surface area contributed by atoms with Gasteiger partial charge in [-0.3, -0.25) is 0 Å². The average molecular weight is 220 g/mol. The van der Waals surface area contributed by atoms with Crippen molar-refractivity contribution >= 4 is 5.69 Å². The fourth-order valence-electron chi connectivity index (χ4n) is 1.51. The topological polar surface area (TPSA) is 38.1 Å². The first-order valence-electron chi connectivity index (χ1n) is 5.08. The van der Waals surface area contributed by atoms with Crippen LogP contribution < -0.4 is 5.32 Å². The fourth-order valence-corrected chi connectivity index (χ4v) is 1.51. The molecule has 1 aromatic heterocycles. The number of aromatic nitrogens is 1. The lowest BCUT2D eigenvalue weighted by Crippen LogP contribution is -2.01. The van der Waals surface area contributed by atoms with E-state index in [9.17, 15) is 4.39 Å². The summed E-state index contributed by atoms with van der Waals surface area (Å²) in [6, 6.07) is 6.26. The van der Waals surface area contributed by atoms with Crippen LogP contribution in [0.1, 0.15) is 17.0 Å². The lowest BCUT2D eigenvalue weighted by molar-refractivity contribution is 0.392. The number of anilines is 1. The Kier molecular flexibility index (Phi) is 2.90. The van der Waals surface area contributed by atoms with Crippen molar-refractivity contribution in [1.82, 2.24) is 5.16 Å². The zero-order chi connectivity index (χ0) is 11.5. The molecule has 0 radical (unpaired) electrons. The number of aryl methyl sites for hydroxylation is 2. The number of hydrogen-bond acceptors (Lipinski definition) is 3. The van der Waals surface area contributed by atoms with Gasteiger partial charge in [-0.25, -0.2) is 4.39 Å². The number of halogens is 1. The third-order valence-electron chi connectivity index (χ3n) is 2.49. The molecule has 0 spiro atoms. The summed E-state index contributed by atoms with van der Waals surface area (Å²) >= 11 is 0. The van der Waals surface area contributed by atoms with Crippen LogP contribution in [0.15, 0.2) is 28.8 Å². The number of rotatable bonds is 3. The highest BCUT2D eigenvalue weighted by Gasteiger charge is 2.07. The Morgan fingerprint density at radius 3 is 2.50 bits per heavy atom. The minimum atomic E-state index is -0.233. The van der Waals surface area contributed by atoms with Crippen LogP contribution in [0.4, 0.5) is 10.1 Å². The Morgan fingerprint density at radius 2 is 1.94 bits per heavy atom. The van der Waals surface area contributed by atoms with Crippen molar-refractivity contribution in [2.75, 3.05) is 5.32 Å². The van der Waals surface area contributed by atoms with Crippen LogP contribution in [0.3, 0.4) is 0 Å². The van der Waals surface area contributed by atoms with Crippen molar-refractivity contribution < 1.29 is 8.91 Å². The van der Waals surface area contributed by atoms with Gasteiger partial charge in [0.05, 0.1) is 5.69 Å². The zero-order valence-electron chi connectivity index (χ0n) is 9.25. The molecule has 0 aliphatic carbocycles. The van der Waals surface area contributed by atoms with E-state index in [-0.39, 0.29) is 5.82 Å². The van der Waals surface area contributed by atoms with Crippen molar-refractivity contribution in [3.05, 3.63) is 47.1 Å². The first-order valence-corrected chi connectivity index (χ1v) is 5.08. The van der Waals surface area contributed by atoms with Crippen LogP contribution >= 0.6 is 0 Å². The second-order valence-corrected chi connectivity index (χ2v) is 3.66. The van der Waals surface area contributed by atoms with Gasteiger partial charge in [-0.1, -0.05) is 5.16 Å². The van der Waals surface area contributed by atoms with Gasteiger partial charge in [0, 0.05) is 17.8 Å². The van der Waals surface area contributed by atoms with Crippen LogP contribution in [0, 0.1) is 19.7 Å². The zero-order valence-corrected chi connectivity index (χ0v) is 9.25. The molecule has 1 aromatic carbocycles. The van der Waals surface area contributed by atoms with E-state index in [1.807, 2.05) is 13.8 Å². The van der Waals surface area contributed by atoms with Gasteiger partial charge in [0.15, 0.2) is 0 Å². The van der Waals surface area contributed by atoms with Gasteiger partial charge in [0.25, 0.3) is 0 Å². The van der Waals surface area contributed by atoms with Gasteiger partial charge in [0.2, 0.25) is 0 Å². The van der Waals surface area contributed by atoms with E-state index in [2.05, 4.69) is 10.5 Å². The minimum absolute atomic E-state index is 0.233. The predicted molar refractivity (Wildman–Crippen MR) is 59.7 cm³/mol. The third-order valence-corrected chi connectivity index (χ3v) is 2.49. The van der Waals surface area contributed by atoms with Crippen molar-refractivity contribution in [1.29, 1.82) is 0 Å². The molecule has 0 amide bonds. The van der Waals surface area contributed by atoms with Gasteiger partial charge in [-0.05, 0) is 38.1 Å². The second kappa shape index (κ2) is 4.35. The lowest BCUT2D eigenvalue weighted by Gasteiger charge is -2.05. The lowest BCUT2D eigenvalue weighted by atomic mass is 10.2. The molecule has 16 heavy (non-hydrogen) atoms. The summed E-state index contributed by atoms with van der Waals surface area (Å²) in [7, 11) is 0. The highest BCUT2D eigenvalue weighted by molar-refractivity contribution is 5.43. The van der Waals surface area contributed by atoms with Crippen molar-refractivity contribution in [2.24, 2.45) is 0 Å². The molecule has 2 aromatic rings. The summed E-state index contributed by atoms with van der Waals surface area (Å²) < 4.78 is 17.7. The monoisotopic (exact) mass is 220 g/mol. The number of hydrogen-bond donors (Lipinski definition) is 1. The fraction of sp³-hybridized carbons (Fsp3) is 0.250. The Bertz CT molecular complexity index is 457. The summed E-state index contributed by atoms with van der Waals surface area (Å²) in [4.78, 5) is 0. The first-order chi connectivity index (χ1) is 7.66. The standard InChI is InChI=1S/C12H13FN2O/c1-8-12(9(2)16-15-8)7-14-11-5-3-10(13)4-6-11/h3-6,14H,7H2,1-2H3. The minimum Gasteiger partial charge on any atom is -0.381 e. The maximum atomic E-state index is 12.7. The van der Waals surface area contributed by atoms with Crippen LogP contribution in [0.25, 0.3) is 0 Å². The van der Waals surface area contributed by atoms with Crippen LogP contribution in [-0.2, 0) is 6.54 Å². The molecule has 2 rings (SSSR count). The molecule has 0 atom stereocenters. The highest BCUT2D eigenvalue weighted by atomic mass is 19.1. The molecule has 0 saturated heterocycles. The van der Waals surface area contributed by atoms with Crippen molar-refractivity contribution in [3.63, 3.8) is 0 Å². The maximum Gasteiger partial charge on any atom is 0.138 e. The van der Waals surface area contributed by atoms with E-state index in [1.165, 1.54) is 12.1 Å². The summed E-state index contributed by atoms with van der Waals surface area (Å²) in [5.74, 6) is 0.579. The molecule has 0 bridgehead atoms. The molecule has 1 N–H and O–H groups in total. The summed E-state index contributed by atoms with van der Waals surface area (Å²) in [6.45, 7) is 4.41. The third kappa shape index (κ3) is 2.21. The van der Waals surface area contributed by atoms with E-state index in [1.54, 1.807) is 12.1 Å². The molecule has 0 saturated carbocycles. The summed E-state index contributed by atoms with van der Waals surface area (Å²) in [5, 5.41) is 7.06. The van der Waals surface area contributed by atoms with E-state index in [0.29, 0.717) is 6.54 Å². The number of nitrogens with one attached hydrogen (secondary N) is 1. The summed E-state index contributed by atoms with van der Waals surface area (Å²) in [5.41, 5.74) is 2.80. The normalized spacial score (nSPS) is 10.4. The van der Waals surface area contributed by atoms with Gasteiger partial charge >= 0.3 is 0 Å². The highest BCUT2D eigenvalue weighted by Crippen LogP contribution is 2.15. The molecule has 3 nitrogen and oxygen atoms in total. The molecule has 84 valence electrons. The second-order valence-electron chi connectivity index (χ2n) is 3.66. The smallest absolute Gasteiger partial charge is 0.138 e. The Morgan fingerprint density at radius 1 is 1.25 bits per heavy atom. The van der Waals surface area contributed by atoms with E-state index < -0.39 is 0 Å². The van der Waals surface area contributed by atoms with Crippen molar-refractivity contribution in [3.8, 4) is 0 Å². The van der Waals surface area contributed by atoms with Crippen LogP contribution in [-0.4, -0.2) is 5.16 Å². The average Bonchev–Trinajstić information content (AvgIpc) is 2.59. The Labute approximate surface area is 93.3 Å². The van der Waals surface area contributed by atoms with Gasteiger partial charge < -0.3 is 9.84 Å². The molecule has 0 aliphatic heterocycles. The molecule has 0 aliphatic rings. The van der Waals surface area contributed by atoms with Crippen LogP contribution in [0.5, 0.6) is 0 Å². The molecule has 4 heteroatoms. The van der Waals surface area contributed by atoms with Crippen molar-refractivity contribution in [2.45, 2.75) is 20.4 Å².